The molecule has 1 aromatic carbocycles. The van der Waals surface area contributed by atoms with Crippen molar-refractivity contribution >= 4 is 23.1 Å². The highest BCUT2D eigenvalue weighted by atomic mass is 32.2. The van der Waals surface area contributed by atoms with Gasteiger partial charge in [0.25, 0.3) is 0 Å². The standard InChI is InChI=1S/C16H17N3O2S2/c1-11-5-2-3-6-13(11)21-9-12(20)10-23-16-17-15(18-19-16)14-7-4-8-22-14/h2-8,12,20H,9-10H2,1H3,(H,17,18,19). The van der Waals surface area contributed by atoms with Gasteiger partial charge in [-0.3, -0.25) is 5.10 Å². The summed E-state index contributed by atoms with van der Waals surface area (Å²) in [5.74, 6) is 2.04. The third kappa shape index (κ3) is 4.34. The molecule has 0 aliphatic carbocycles. The fraction of sp³-hybridized carbons (Fsp3) is 0.250. The molecule has 2 heterocycles. The number of hydrogen-bond donors (Lipinski definition) is 2. The molecule has 0 aliphatic heterocycles. The Morgan fingerprint density at radius 3 is 2.96 bits per heavy atom. The number of hydrogen-bond acceptors (Lipinski definition) is 6. The number of thiophene rings is 1. The molecule has 7 heteroatoms. The Morgan fingerprint density at radius 1 is 1.30 bits per heavy atom. The maximum atomic E-state index is 10.0. The van der Waals surface area contributed by atoms with Crippen LogP contribution in [0.3, 0.4) is 0 Å². The molecule has 0 radical (unpaired) electrons. The van der Waals surface area contributed by atoms with Crippen LogP contribution < -0.4 is 4.74 Å². The summed E-state index contributed by atoms with van der Waals surface area (Å²) in [5, 5.41) is 19.7. The number of aliphatic hydroxyl groups excluding tert-OH is 1. The van der Waals surface area contributed by atoms with Crippen molar-refractivity contribution in [2.75, 3.05) is 12.4 Å². The first kappa shape index (κ1) is 16.0. The van der Waals surface area contributed by atoms with E-state index in [1.807, 2.05) is 48.7 Å². The van der Waals surface area contributed by atoms with Crippen molar-refractivity contribution in [1.82, 2.24) is 15.2 Å². The fourth-order valence-corrected chi connectivity index (χ4v) is 3.33. The lowest BCUT2D eigenvalue weighted by molar-refractivity contribution is 0.126. The zero-order valence-corrected chi connectivity index (χ0v) is 14.2. The minimum Gasteiger partial charge on any atom is -0.491 e. The summed E-state index contributed by atoms with van der Waals surface area (Å²) in [4.78, 5) is 5.46. The number of thioether (sulfide) groups is 1. The summed E-state index contributed by atoms with van der Waals surface area (Å²) < 4.78 is 5.64. The Hall–Kier alpha value is -1.83. The number of nitrogens with one attached hydrogen (secondary N) is 1. The van der Waals surface area contributed by atoms with Crippen LogP contribution in [0.25, 0.3) is 10.7 Å². The van der Waals surface area contributed by atoms with Gasteiger partial charge in [-0.15, -0.1) is 16.4 Å². The van der Waals surface area contributed by atoms with E-state index in [0.717, 1.165) is 22.0 Å². The molecule has 3 rings (SSSR count). The monoisotopic (exact) mass is 347 g/mol. The maximum Gasteiger partial charge on any atom is 0.208 e. The van der Waals surface area contributed by atoms with Crippen LogP contribution in [-0.2, 0) is 0 Å². The Labute approximate surface area is 142 Å². The average Bonchev–Trinajstić information content (AvgIpc) is 3.23. The SMILES string of the molecule is Cc1ccccc1OCC(O)CSc1n[nH]c(-c2cccs2)n1. The molecule has 0 saturated heterocycles. The van der Waals surface area contributed by atoms with Crippen LogP contribution in [0.4, 0.5) is 0 Å². The number of rotatable bonds is 7. The van der Waals surface area contributed by atoms with Crippen molar-refractivity contribution in [2.24, 2.45) is 0 Å². The molecular weight excluding hydrogens is 330 g/mol. The lowest BCUT2D eigenvalue weighted by atomic mass is 10.2. The topological polar surface area (TPSA) is 71.0 Å². The van der Waals surface area contributed by atoms with E-state index in [9.17, 15) is 5.11 Å². The number of H-pyrrole nitrogens is 1. The Bertz CT molecular complexity index is 743. The van der Waals surface area contributed by atoms with Crippen molar-refractivity contribution in [3.63, 3.8) is 0 Å². The summed E-state index contributed by atoms with van der Waals surface area (Å²) in [6, 6.07) is 11.7. The second kappa shape index (κ2) is 7.63. The van der Waals surface area contributed by atoms with Crippen LogP contribution in [-0.4, -0.2) is 38.8 Å². The molecule has 0 spiro atoms. The smallest absolute Gasteiger partial charge is 0.208 e. The lowest BCUT2D eigenvalue weighted by Crippen LogP contribution is -2.20. The maximum absolute atomic E-state index is 10.0. The Balaban J connectivity index is 1.47. The summed E-state index contributed by atoms with van der Waals surface area (Å²) in [5.41, 5.74) is 1.06. The molecule has 0 fully saturated rings. The highest BCUT2D eigenvalue weighted by molar-refractivity contribution is 7.99. The summed E-state index contributed by atoms with van der Waals surface area (Å²) >= 11 is 3.02. The van der Waals surface area contributed by atoms with E-state index >= 15 is 0 Å². The number of nitrogens with zero attached hydrogens (tertiary/aromatic N) is 2. The summed E-state index contributed by atoms with van der Waals surface area (Å²) in [6.45, 7) is 2.23. The van der Waals surface area contributed by atoms with Crippen LogP contribution in [0.1, 0.15) is 5.56 Å². The van der Waals surface area contributed by atoms with Gasteiger partial charge in [-0.05, 0) is 30.0 Å². The van der Waals surface area contributed by atoms with Crippen molar-refractivity contribution in [3.8, 4) is 16.5 Å². The normalized spacial score (nSPS) is 12.3. The van der Waals surface area contributed by atoms with Crippen LogP contribution >= 0.6 is 23.1 Å². The Morgan fingerprint density at radius 2 is 2.17 bits per heavy atom. The van der Waals surface area contributed by atoms with Crippen molar-refractivity contribution in [3.05, 3.63) is 47.3 Å². The molecule has 1 atom stereocenters. The van der Waals surface area contributed by atoms with Gasteiger partial charge in [-0.2, -0.15) is 0 Å². The second-order valence-electron chi connectivity index (χ2n) is 4.99. The van der Waals surface area contributed by atoms with Gasteiger partial charge < -0.3 is 9.84 Å². The minimum absolute atomic E-state index is 0.250. The van der Waals surface area contributed by atoms with E-state index in [1.54, 1.807) is 11.3 Å². The predicted octanol–water partition coefficient (Wildman–Crippen LogP) is 3.37. The molecule has 1 unspecified atom stereocenters. The van der Waals surface area contributed by atoms with Crippen molar-refractivity contribution < 1.29 is 9.84 Å². The highest BCUT2D eigenvalue weighted by Gasteiger charge is 2.11. The third-order valence-corrected chi connectivity index (χ3v) is 5.02. The first-order valence-corrected chi connectivity index (χ1v) is 9.04. The highest BCUT2D eigenvalue weighted by Crippen LogP contribution is 2.23. The zero-order valence-electron chi connectivity index (χ0n) is 12.6. The largest absolute Gasteiger partial charge is 0.491 e. The van der Waals surface area contributed by atoms with Crippen LogP contribution in [0.15, 0.2) is 46.9 Å². The first-order chi connectivity index (χ1) is 11.2. The summed E-state index contributed by atoms with van der Waals surface area (Å²) in [6.07, 6.45) is -0.580. The van der Waals surface area contributed by atoms with Gasteiger partial charge >= 0.3 is 0 Å². The lowest BCUT2D eigenvalue weighted by Gasteiger charge is -2.12. The summed E-state index contributed by atoms with van der Waals surface area (Å²) in [7, 11) is 0. The van der Waals surface area contributed by atoms with Crippen molar-refractivity contribution in [2.45, 2.75) is 18.2 Å². The van der Waals surface area contributed by atoms with Gasteiger partial charge in [0.15, 0.2) is 5.82 Å². The van der Waals surface area contributed by atoms with Crippen molar-refractivity contribution in [1.29, 1.82) is 0 Å². The number of para-hydroxylation sites is 1. The van der Waals surface area contributed by atoms with Crippen LogP contribution in [0.2, 0.25) is 0 Å². The van der Waals surface area contributed by atoms with Gasteiger partial charge in [-0.1, -0.05) is 36.0 Å². The molecule has 0 amide bonds. The van der Waals surface area contributed by atoms with Gasteiger partial charge in [0, 0.05) is 5.75 Å². The molecule has 23 heavy (non-hydrogen) atoms. The number of benzene rings is 1. The molecule has 0 bridgehead atoms. The number of aliphatic hydroxyl groups is 1. The molecule has 2 N–H and O–H groups in total. The molecule has 0 aliphatic rings. The van der Waals surface area contributed by atoms with Gasteiger partial charge in [0.05, 0.1) is 11.0 Å². The predicted molar refractivity (Wildman–Crippen MR) is 93.1 cm³/mol. The molecule has 120 valence electrons. The van der Waals surface area contributed by atoms with E-state index in [2.05, 4.69) is 15.2 Å². The first-order valence-electron chi connectivity index (χ1n) is 7.18. The molecule has 3 aromatic rings. The fourth-order valence-electron chi connectivity index (χ4n) is 1.96. The second-order valence-corrected chi connectivity index (χ2v) is 6.92. The number of aromatic nitrogens is 3. The van der Waals surface area contributed by atoms with Gasteiger partial charge in [0.2, 0.25) is 5.16 Å². The third-order valence-electron chi connectivity index (χ3n) is 3.15. The molecule has 0 saturated carbocycles. The number of ether oxygens (including phenoxy) is 1. The minimum atomic E-state index is -0.580. The molecular formula is C16H17N3O2S2. The van der Waals surface area contributed by atoms with E-state index in [4.69, 9.17) is 4.74 Å². The van der Waals surface area contributed by atoms with Crippen LogP contribution in [0, 0.1) is 6.92 Å². The number of aromatic amines is 1. The van der Waals surface area contributed by atoms with Gasteiger partial charge in [0.1, 0.15) is 12.4 Å². The van der Waals surface area contributed by atoms with E-state index in [0.29, 0.717) is 10.9 Å². The number of aryl methyl sites for hydroxylation is 1. The Kier molecular flexibility index (Phi) is 5.32. The van der Waals surface area contributed by atoms with Gasteiger partial charge in [-0.25, -0.2) is 4.98 Å². The molecule has 5 nitrogen and oxygen atoms in total. The quantitative estimate of drug-likeness (QED) is 0.641. The van der Waals surface area contributed by atoms with Crippen LogP contribution in [0.5, 0.6) is 5.75 Å². The zero-order chi connectivity index (χ0) is 16.1. The molecule has 2 aromatic heterocycles. The van der Waals surface area contributed by atoms with E-state index in [1.165, 1.54) is 11.8 Å². The average molecular weight is 347 g/mol. The van der Waals surface area contributed by atoms with E-state index < -0.39 is 6.10 Å². The van der Waals surface area contributed by atoms with E-state index in [-0.39, 0.29) is 6.61 Å².